The molecule has 25 heavy (non-hydrogen) atoms. The van der Waals surface area contributed by atoms with Crippen molar-refractivity contribution in [2.45, 2.75) is 39.2 Å². The molecule has 2 aromatic carbocycles. The molecule has 2 rings (SSSR count). The van der Waals surface area contributed by atoms with Crippen LogP contribution in [0.1, 0.15) is 60.8 Å². The molecule has 134 valence electrons. The van der Waals surface area contributed by atoms with Gasteiger partial charge in [-0.25, -0.2) is 4.79 Å². The van der Waals surface area contributed by atoms with Gasteiger partial charge in [0.05, 0.1) is 17.9 Å². The smallest absolute Gasteiger partial charge is 0.338 e. The predicted molar refractivity (Wildman–Crippen MR) is 97.7 cm³/mol. The number of phenolic OH excluding ortho intramolecular Hbond substituents is 1. The highest BCUT2D eigenvalue weighted by Crippen LogP contribution is 2.38. The van der Waals surface area contributed by atoms with Crippen molar-refractivity contribution in [3.8, 4) is 5.75 Å². The van der Waals surface area contributed by atoms with E-state index in [-0.39, 0.29) is 16.9 Å². The van der Waals surface area contributed by atoms with Gasteiger partial charge in [0.1, 0.15) is 11.9 Å². The van der Waals surface area contributed by atoms with Crippen LogP contribution < -0.4 is 5.73 Å². The van der Waals surface area contributed by atoms with E-state index in [2.05, 4.69) is 0 Å². The van der Waals surface area contributed by atoms with Gasteiger partial charge in [-0.3, -0.25) is 0 Å². The van der Waals surface area contributed by atoms with E-state index >= 15 is 0 Å². The number of phenols is 1. The van der Waals surface area contributed by atoms with Gasteiger partial charge < -0.3 is 20.7 Å². The van der Waals surface area contributed by atoms with E-state index in [0.29, 0.717) is 23.3 Å². The van der Waals surface area contributed by atoms with Gasteiger partial charge in [-0.05, 0) is 47.7 Å². The van der Waals surface area contributed by atoms with Crippen LogP contribution >= 0.6 is 0 Å². The summed E-state index contributed by atoms with van der Waals surface area (Å²) in [5.74, 6) is -0.541. The van der Waals surface area contributed by atoms with E-state index in [1.165, 1.54) is 0 Å². The zero-order valence-electron chi connectivity index (χ0n) is 15.0. The molecule has 0 aliphatic rings. The van der Waals surface area contributed by atoms with E-state index in [0.717, 1.165) is 5.56 Å². The number of anilines is 1. The van der Waals surface area contributed by atoms with E-state index in [4.69, 9.17) is 10.5 Å². The van der Waals surface area contributed by atoms with Gasteiger partial charge >= 0.3 is 5.97 Å². The molecule has 5 heteroatoms. The summed E-state index contributed by atoms with van der Waals surface area (Å²) in [5.41, 5.74) is 8.17. The quantitative estimate of drug-likeness (QED) is 0.449. The summed E-state index contributed by atoms with van der Waals surface area (Å²) in [7, 11) is 0. The summed E-state index contributed by atoms with van der Waals surface area (Å²) in [5, 5.41) is 21.0. The summed E-state index contributed by atoms with van der Waals surface area (Å²) < 4.78 is 4.94. The van der Waals surface area contributed by atoms with Crippen LogP contribution in [0.4, 0.5) is 5.69 Å². The Hall–Kier alpha value is -2.53. The van der Waals surface area contributed by atoms with Gasteiger partial charge in [0.15, 0.2) is 0 Å². The van der Waals surface area contributed by atoms with Crippen LogP contribution in [-0.4, -0.2) is 22.8 Å². The van der Waals surface area contributed by atoms with Crippen molar-refractivity contribution in [3.05, 3.63) is 58.7 Å². The monoisotopic (exact) mass is 343 g/mol. The van der Waals surface area contributed by atoms with Crippen LogP contribution in [-0.2, 0) is 10.2 Å². The number of carbonyl (C=O) groups is 1. The highest BCUT2D eigenvalue weighted by molar-refractivity contribution is 5.89. The second kappa shape index (κ2) is 7.15. The lowest BCUT2D eigenvalue weighted by molar-refractivity contribution is 0.0526. The van der Waals surface area contributed by atoms with Crippen molar-refractivity contribution in [2.75, 3.05) is 12.3 Å². The number of nitrogen functional groups attached to an aromatic ring is 1. The molecule has 5 nitrogen and oxygen atoms in total. The third kappa shape index (κ3) is 4.12. The molecule has 0 radical (unpaired) electrons. The fraction of sp³-hybridized carbons (Fsp3) is 0.350. The van der Waals surface area contributed by atoms with Crippen molar-refractivity contribution < 1.29 is 19.7 Å². The van der Waals surface area contributed by atoms with Crippen LogP contribution in [0.5, 0.6) is 5.75 Å². The summed E-state index contributed by atoms with van der Waals surface area (Å²) in [6.45, 7) is 8.14. The molecule has 0 amide bonds. The minimum absolute atomic E-state index is 0.130. The molecule has 0 bridgehead atoms. The van der Waals surface area contributed by atoms with Crippen LogP contribution in [0.25, 0.3) is 0 Å². The van der Waals surface area contributed by atoms with Gasteiger partial charge in [-0.2, -0.15) is 0 Å². The van der Waals surface area contributed by atoms with E-state index < -0.39 is 12.1 Å². The van der Waals surface area contributed by atoms with E-state index in [9.17, 15) is 15.0 Å². The molecule has 0 saturated carbocycles. The Kier molecular flexibility index (Phi) is 5.38. The van der Waals surface area contributed by atoms with Gasteiger partial charge in [0.25, 0.3) is 0 Å². The number of hydrogen-bond donors (Lipinski definition) is 3. The molecule has 0 spiro atoms. The lowest BCUT2D eigenvalue weighted by atomic mass is 9.84. The van der Waals surface area contributed by atoms with E-state index in [1.54, 1.807) is 43.3 Å². The standard InChI is InChI=1S/C20H25NO4/c1-5-25-19(24)13-8-6-12(7-9-13)17(22)15-10-14(20(2,3)4)11-16(21)18(15)23/h6-11,17,22-23H,5,21H2,1-4H3. The molecule has 2 aromatic rings. The largest absolute Gasteiger partial charge is 0.505 e. The molecule has 0 fully saturated rings. The third-order valence-electron chi connectivity index (χ3n) is 4.07. The first-order chi connectivity index (χ1) is 11.6. The van der Waals surface area contributed by atoms with Gasteiger partial charge in [-0.15, -0.1) is 0 Å². The first-order valence-corrected chi connectivity index (χ1v) is 8.23. The number of rotatable bonds is 4. The Bertz CT molecular complexity index is 761. The Morgan fingerprint density at radius 3 is 2.32 bits per heavy atom. The fourth-order valence-electron chi connectivity index (χ4n) is 2.52. The SMILES string of the molecule is CCOC(=O)c1ccc(C(O)c2cc(C(C)(C)C)cc(N)c2O)cc1. The fourth-order valence-corrected chi connectivity index (χ4v) is 2.52. The average molecular weight is 343 g/mol. The summed E-state index contributed by atoms with van der Waals surface area (Å²) >= 11 is 0. The number of nitrogens with two attached hydrogens (primary N) is 1. The maximum absolute atomic E-state index is 11.7. The van der Waals surface area contributed by atoms with Crippen LogP contribution in [0, 0.1) is 0 Å². The second-order valence-electron chi connectivity index (χ2n) is 7.00. The van der Waals surface area contributed by atoms with Crippen LogP contribution in [0.15, 0.2) is 36.4 Å². The molecule has 1 unspecified atom stereocenters. The molecular formula is C20H25NO4. The topological polar surface area (TPSA) is 92.8 Å². The minimum Gasteiger partial charge on any atom is -0.505 e. The Labute approximate surface area is 148 Å². The second-order valence-corrected chi connectivity index (χ2v) is 7.00. The number of aromatic hydroxyl groups is 1. The highest BCUT2D eigenvalue weighted by Gasteiger charge is 2.22. The van der Waals surface area contributed by atoms with Crippen molar-refractivity contribution in [1.82, 2.24) is 0 Å². The molecular weight excluding hydrogens is 318 g/mol. The molecule has 1 atom stereocenters. The molecule has 0 saturated heterocycles. The minimum atomic E-state index is -1.05. The third-order valence-corrected chi connectivity index (χ3v) is 4.07. The summed E-state index contributed by atoms with van der Waals surface area (Å²) in [6.07, 6.45) is -1.05. The molecule has 0 aliphatic heterocycles. The average Bonchev–Trinajstić information content (AvgIpc) is 2.56. The van der Waals surface area contributed by atoms with Gasteiger partial charge in [0.2, 0.25) is 0 Å². The number of ether oxygens (including phenoxy) is 1. The first kappa shape index (κ1) is 18.8. The molecule has 0 aliphatic carbocycles. The highest BCUT2D eigenvalue weighted by atomic mass is 16.5. The van der Waals surface area contributed by atoms with Gasteiger partial charge in [0, 0.05) is 5.56 Å². The van der Waals surface area contributed by atoms with Crippen molar-refractivity contribution in [3.63, 3.8) is 0 Å². The number of aliphatic hydroxyl groups is 1. The van der Waals surface area contributed by atoms with Gasteiger partial charge in [-0.1, -0.05) is 32.9 Å². The van der Waals surface area contributed by atoms with Crippen molar-refractivity contribution in [1.29, 1.82) is 0 Å². The molecule has 4 N–H and O–H groups in total. The first-order valence-electron chi connectivity index (χ1n) is 8.23. The summed E-state index contributed by atoms with van der Waals surface area (Å²) in [4.78, 5) is 11.7. The number of aliphatic hydroxyl groups excluding tert-OH is 1. The Morgan fingerprint density at radius 1 is 1.20 bits per heavy atom. The maximum Gasteiger partial charge on any atom is 0.338 e. The van der Waals surface area contributed by atoms with Crippen molar-refractivity contribution >= 4 is 11.7 Å². The number of esters is 1. The lowest BCUT2D eigenvalue weighted by Crippen LogP contribution is -2.13. The Morgan fingerprint density at radius 2 is 1.80 bits per heavy atom. The summed E-state index contributed by atoms with van der Waals surface area (Å²) in [6, 6.07) is 9.92. The zero-order valence-corrected chi connectivity index (χ0v) is 15.0. The number of carbonyl (C=O) groups excluding carboxylic acids is 1. The number of benzene rings is 2. The van der Waals surface area contributed by atoms with E-state index in [1.807, 2.05) is 20.8 Å². The lowest BCUT2D eigenvalue weighted by Gasteiger charge is -2.23. The maximum atomic E-state index is 11.7. The van der Waals surface area contributed by atoms with Crippen LogP contribution in [0.2, 0.25) is 0 Å². The molecule has 0 aromatic heterocycles. The molecule has 0 heterocycles. The number of hydrogen-bond acceptors (Lipinski definition) is 5. The normalized spacial score (nSPS) is 12.7. The Balaban J connectivity index is 2.39. The van der Waals surface area contributed by atoms with Crippen molar-refractivity contribution in [2.24, 2.45) is 0 Å². The zero-order chi connectivity index (χ0) is 18.8. The predicted octanol–water partition coefficient (Wildman–Crippen LogP) is 3.53. The van der Waals surface area contributed by atoms with Crippen LogP contribution in [0.3, 0.4) is 0 Å².